The third-order valence-electron chi connectivity index (χ3n) is 15.3. The van der Waals surface area contributed by atoms with Gasteiger partial charge < -0.3 is 14.2 Å². The largest absolute Gasteiger partial charge is 0.462 e. The highest BCUT2D eigenvalue weighted by Gasteiger charge is 2.19. The second-order valence-corrected chi connectivity index (χ2v) is 23.4. The fourth-order valence-electron chi connectivity index (χ4n) is 10.0. The van der Waals surface area contributed by atoms with Crippen LogP contribution in [0, 0.1) is 0 Å². The van der Waals surface area contributed by atoms with Crippen LogP contribution in [0.15, 0.2) is 97.2 Å². The fourth-order valence-corrected chi connectivity index (χ4v) is 10.0. The average molecular weight is 1140 g/mol. The Bertz CT molecular complexity index is 1590. The van der Waals surface area contributed by atoms with Gasteiger partial charge in [-0.1, -0.05) is 304 Å². The molecule has 1 unspecified atom stereocenters. The zero-order valence-corrected chi connectivity index (χ0v) is 54.2. The molecule has 472 valence electrons. The highest BCUT2D eigenvalue weighted by molar-refractivity contribution is 5.71. The van der Waals surface area contributed by atoms with E-state index in [0.717, 1.165) is 135 Å². The average Bonchev–Trinajstić information content (AvgIpc) is 3.47. The van der Waals surface area contributed by atoms with Crippen molar-refractivity contribution in [3.05, 3.63) is 97.2 Å². The fraction of sp³-hybridized carbons (Fsp3) is 0.750. The molecule has 0 amide bonds. The van der Waals surface area contributed by atoms with Crippen molar-refractivity contribution in [2.24, 2.45) is 0 Å². The molecule has 82 heavy (non-hydrogen) atoms. The van der Waals surface area contributed by atoms with Crippen LogP contribution in [0.5, 0.6) is 0 Å². The summed E-state index contributed by atoms with van der Waals surface area (Å²) in [4.78, 5) is 38.4. The zero-order chi connectivity index (χ0) is 59.2. The number of carbonyl (C=O) groups excluding carboxylic acids is 3. The summed E-state index contributed by atoms with van der Waals surface area (Å²) in [6.45, 7) is 6.51. The SMILES string of the molecule is CC/C=C\C/C=C\C/C=C\CCCCCCCC(=O)OCC(COC(=O)CCCCCCCCCCCCCCCCCCCC/C=C\C/C=C\C/C=C\CCCCCCC)OC(=O)CCCCCCC/C=C\C/C=C\CCCCCC. The molecule has 0 aliphatic rings. The number of rotatable bonds is 64. The first kappa shape index (κ1) is 78.3. The Morgan fingerprint density at radius 1 is 0.256 bits per heavy atom. The lowest BCUT2D eigenvalue weighted by Gasteiger charge is -2.18. The first-order valence-electron chi connectivity index (χ1n) is 35.2. The van der Waals surface area contributed by atoms with E-state index in [1.54, 1.807) is 0 Å². The molecule has 1 atom stereocenters. The molecule has 0 spiro atoms. The Labute approximate surface area is 508 Å². The van der Waals surface area contributed by atoms with E-state index in [-0.39, 0.29) is 31.1 Å². The predicted octanol–water partition coefficient (Wildman–Crippen LogP) is 24.4. The van der Waals surface area contributed by atoms with Crippen molar-refractivity contribution in [1.29, 1.82) is 0 Å². The number of carbonyl (C=O) groups is 3. The maximum atomic E-state index is 12.9. The van der Waals surface area contributed by atoms with Crippen LogP contribution in [-0.4, -0.2) is 37.2 Å². The molecule has 6 nitrogen and oxygen atoms in total. The van der Waals surface area contributed by atoms with E-state index in [1.807, 2.05) is 0 Å². The van der Waals surface area contributed by atoms with Crippen molar-refractivity contribution < 1.29 is 28.6 Å². The molecule has 0 rings (SSSR count). The minimum atomic E-state index is -0.793. The van der Waals surface area contributed by atoms with Gasteiger partial charge in [-0.05, 0) is 122 Å². The van der Waals surface area contributed by atoms with Crippen LogP contribution < -0.4 is 0 Å². The second-order valence-electron chi connectivity index (χ2n) is 23.4. The van der Waals surface area contributed by atoms with Gasteiger partial charge in [0.2, 0.25) is 0 Å². The normalized spacial score (nSPS) is 12.7. The minimum absolute atomic E-state index is 0.0866. The first-order valence-corrected chi connectivity index (χ1v) is 35.2. The third kappa shape index (κ3) is 67.1. The van der Waals surface area contributed by atoms with Gasteiger partial charge in [-0.15, -0.1) is 0 Å². The molecule has 0 saturated heterocycles. The Morgan fingerprint density at radius 3 is 0.756 bits per heavy atom. The highest BCUT2D eigenvalue weighted by atomic mass is 16.6. The van der Waals surface area contributed by atoms with Gasteiger partial charge in [-0.3, -0.25) is 14.4 Å². The molecule has 0 aliphatic heterocycles. The number of unbranched alkanes of at least 4 members (excludes halogenated alkanes) is 37. The van der Waals surface area contributed by atoms with Crippen molar-refractivity contribution in [1.82, 2.24) is 0 Å². The van der Waals surface area contributed by atoms with Crippen molar-refractivity contribution >= 4 is 17.9 Å². The monoisotopic (exact) mass is 1140 g/mol. The van der Waals surface area contributed by atoms with Crippen LogP contribution in [0.2, 0.25) is 0 Å². The van der Waals surface area contributed by atoms with E-state index in [0.29, 0.717) is 19.3 Å². The number of allylic oxidation sites excluding steroid dienone is 16. The number of ether oxygens (including phenoxy) is 3. The first-order chi connectivity index (χ1) is 40.5. The second kappa shape index (κ2) is 69.8. The van der Waals surface area contributed by atoms with Gasteiger partial charge in [0.25, 0.3) is 0 Å². The molecule has 0 aliphatic carbocycles. The maximum absolute atomic E-state index is 12.9. The molecule has 0 saturated carbocycles. The standard InChI is InChI=1S/C76H132O6/c1-4-7-10-13-16-19-22-25-28-30-31-32-33-34-35-36-37-38-39-40-41-42-43-44-45-46-49-51-54-57-60-63-66-69-75(78)81-72-73(71-80-74(77)68-65-62-59-56-53-50-47-27-24-21-18-15-12-9-6-3)82-76(79)70-67-64-61-58-55-52-48-29-26-23-20-17-14-11-8-5-2/h9,12,18,20-23,25,27,29-31,33-34,47-48,73H,4-8,10-11,13-17,19,24,26,28,32,35-46,49-72H2,1-3H3/b12-9-,21-18-,23-20-,25-22-,31-30-,34-33-,47-27-,48-29-. The maximum Gasteiger partial charge on any atom is 0.306 e. The van der Waals surface area contributed by atoms with Crippen molar-refractivity contribution in [2.75, 3.05) is 13.2 Å². The van der Waals surface area contributed by atoms with Gasteiger partial charge >= 0.3 is 17.9 Å². The summed E-state index contributed by atoms with van der Waals surface area (Å²) < 4.78 is 16.9. The predicted molar refractivity (Wildman–Crippen MR) is 357 cm³/mol. The van der Waals surface area contributed by atoms with E-state index in [9.17, 15) is 14.4 Å². The summed E-state index contributed by atoms with van der Waals surface area (Å²) in [6.07, 6.45) is 94.4. The molecule has 0 aromatic carbocycles. The number of hydrogen-bond acceptors (Lipinski definition) is 6. The van der Waals surface area contributed by atoms with E-state index < -0.39 is 6.10 Å². The number of hydrogen-bond donors (Lipinski definition) is 0. The van der Waals surface area contributed by atoms with Crippen LogP contribution in [-0.2, 0) is 28.6 Å². The van der Waals surface area contributed by atoms with Gasteiger partial charge in [-0.25, -0.2) is 0 Å². The van der Waals surface area contributed by atoms with E-state index in [4.69, 9.17) is 14.2 Å². The quantitative estimate of drug-likeness (QED) is 0.0261. The van der Waals surface area contributed by atoms with E-state index >= 15 is 0 Å². The molecule has 0 fully saturated rings. The van der Waals surface area contributed by atoms with Crippen LogP contribution in [0.3, 0.4) is 0 Å². The van der Waals surface area contributed by atoms with Crippen molar-refractivity contribution in [3.63, 3.8) is 0 Å². The summed E-state index contributed by atoms with van der Waals surface area (Å²) in [5, 5.41) is 0. The summed E-state index contributed by atoms with van der Waals surface area (Å²) in [5.41, 5.74) is 0. The topological polar surface area (TPSA) is 78.9 Å². The molecule has 0 aromatic heterocycles. The van der Waals surface area contributed by atoms with Crippen LogP contribution >= 0.6 is 0 Å². The molecule has 0 heterocycles. The molecule has 6 heteroatoms. The Morgan fingerprint density at radius 2 is 0.476 bits per heavy atom. The lowest BCUT2D eigenvalue weighted by Crippen LogP contribution is -2.30. The minimum Gasteiger partial charge on any atom is -0.462 e. The van der Waals surface area contributed by atoms with Gasteiger partial charge in [0.15, 0.2) is 6.10 Å². The zero-order valence-electron chi connectivity index (χ0n) is 54.2. The highest BCUT2D eigenvalue weighted by Crippen LogP contribution is 2.17. The Balaban J connectivity index is 4.20. The molecule has 0 aromatic rings. The van der Waals surface area contributed by atoms with Crippen LogP contribution in [0.4, 0.5) is 0 Å². The van der Waals surface area contributed by atoms with Gasteiger partial charge in [0.05, 0.1) is 0 Å². The summed E-state index contributed by atoms with van der Waals surface area (Å²) in [5.74, 6) is -0.904. The Kier molecular flexibility index (Phi) is 66.7. The molecule has 0 bridgehead atoms. The lowest BCUT2D eigenvalue weighted by molar-refractivity contribution is -0.167. The third-order valence-corrected chi connectivity index (χ3v) is 15.3. The van der Waals surface area contributed by atoms with E-state index in [2.05, 4.69) is 118 Å². The van der Waals surface area contributed by atoms with Crippen LogP contribution in [0.1, 0.15) is 348 Å². The summed E-state index contributed by atoms with van der Waals surface area (Å²) >= 11 is 0. The smallest absolute Gasteiger partial charge is 0.306 e. The summed E-state index contributed by atoms with van der Waals surface area (Å²) in [6, 6.07) is 0. The van der Waals surface area contributed by atoms with Crippen molar-refractivity contribution in [3.8, 4) is 0 Å². The molecule has 0 radical (unpaired) electrons. The number of esters is 3. The molecular weight excluding hydrogens is 1010 g/mol. The summed E-state index contributed by atoms with van der Waals surface area (Å²) in [7, 11) is 0. The van der Waals surface area contributed by atoms with Gasteiger partial charge in [-0.2, -0.15) is 0 Å². The van der Waals surface area contributed by atoms with Crippen LogP contribution in [0.25, 0.3) is 0 Å². The van der Waals surface area contributed by atoms with Crippen molar-refractivity contribution in [2.45, 2.75) is 354 Å². The van der Waals surface area contributed by atoms with Gasteiger partial charge in [0, 0.05) is 19.3 Å². The molecular formula is C76H132O6. The van der Waals surface area contributed by atoms with Gasteiger partial charge in [0.1, 0.15) is 13.2 Å². The molecule has 0 N–H and O–H groups in total. The van der Waals surface area contributed by atoms with E-state index in [1.165, 1.54) is 173 Å². The lowest BCUT2D eigenvalue weighted by atomic mass is 10.0. The Hall–Kier alpha value is -3.67.